The minimum atomic E-state index is -0.00328. The van der Waals surface area contributed by atoms with Crippen molar-refractivity contribution in [3.05, 3.63) is 39.9 Å². The summed E-state index contributed by atoms with van der Waals surface area (Å²) in [5.41, 5.74) is 11.7. The molecule has 14 heteroatoms. The van der Waals surface area contributed by atoms with Crippen molar-refractivity contribution in [2.45, 2.75) is 155 Å². The summed E-state index contributed by atoms with van der Waals surface area (Å²) in [6.45, 7) is 6.24. The lowest BCUT2D eigenvalue weighted by Crippen LogP contribution is -2.28. The van der Waals surface area contributed by atoms with Crippen LogP contribution in [0.25, 0.3) is 21.5 Å². The number of fused-ring (bicyclic) bond motifs is 1. The number of hydrogen-bond donors (Lipinski definition) is 2. The van der Waals surface area contributed by atoms with Crippen LogP contribution in [0, 0.1) is 0 Å². The Labute approximate surface area is 334 Å². The Morgan fingerprint density at radius 3 is 1.96 bits per heavy atom. The van der Waals surface area contributed by atoms with Gasteiger partial charge in [0.2, 0.25) is 17.8 Å². The van der Waals surface area contributed by atoms with Gasteiger partial charge in [0.25, 0.3) is 0 Å². The third-order valence-electron chi connectivity index (χ3n) is 10.1. The molecule has 0 unspecified atom stereocenters. The molecule has 0 aliphatic heterocycles. The van der Waals surface area contributed by atoms with E-state index in [4.69, 9.17) is 20.1 Å². The lowest BCUT2D eigenvalue weighted by atomic mass is 10.0. The number of nitrogens with zero attached hydrogens (tertiary/aromatic N) is 8. The van der Waals surface area contributed by atoms with Crippen molar-refractivity contribution in [1.82, 2.24) is 30.0 Å². The summed E-state index contributed by atoms with van der Waals surface area (Å²) in [7, 11) is 4.97. The molecule has 0 aliphatic rings. The number of anilines is 1. The first kappa shape index (κ1) is 45.8. The van der Waals surface area contributed by atoms with Gasteiger partial charge in [-0.25, -0.2) is 9.97 Å². The van der Waals surface area contributed by atoms with Crippen molar-refractivity contribution in [2.24, 2.45) is 5.11 Å². The van der Waals surface area contributed by atoms with Crippen LogP contribution in [0.1, 0.15) is 153 Å². The summed E-state index contributed by atoms with van der Waals surface area (Å²) in [6, 6.07) is 3.81. The maximum absolute atomic E-state index is 13.0. The minimum Gasteiger partial charge on any atom is -0.496 e. The minimum absolute atomic E-state index is 0.00328. The van der Waals surface area contributed by atoms with Crippen molar-refractivity contribution in [1.29, 1.82) is 0 Å². The third-order valence-corrected chi connectivity index (χ3v) is 10.1. The van der Waals surface area contributed by atoms with Crippen LogP contribution in [0.5, 0.6) is 11.5 Å². The second-order valence-electron chi connectivity index (χ2n) is 14.8. The largest absolute Gasteiger partial charge is 0.496 e. The lowest BCUT2D eigenvalue weighted by molar-refractivity contribution is -0.130. The van der Waals surface area contributed by atoms with Crippen LogP contribution in [0.3, 0.4) is 0 Å². The molecule has 0 atom stereocenters. The van der Waals surface area contributed by atoms with E-state index in [1.165, 1.54) is 83.5 Å². The SMILES string of the molecule is CCCCCCCCCCCCCCCCCC(=O)NCCCC(=O)N(C)Cc1cc(OC)c(Cn2cc3nc(N=[N+]=[N-])nc(NCCCC)c3n2)c(OC)c1. The highest BCUT2D eigenvalue weighted by molar-refractivity contribution is 5.85. The number of hydrogen-bond acceptors (Lipinski definition) is 9. The average Bonchev–Trinajstić information content (AvgIpc) is 3.61. The summed E-state index contributed by atoms with van der Waals surface area (Å²) in [4.78, 5) is 38.6. The van der Waals surface area contributed by atoms with Gasteiger partial charge >= 0.3 is 0 Å². The zero-order valence-corrected chi connectivity index (χ0v) is 34.9. The summed E-state index contributed by atoms with van der Waals surface area (Å²) in [5.74, 6) is 1.78. The fraction of sp³-hybridized carbons (Fsp3) is 0.690. The number of azide groups is 1. The number of ether oxygens (including phenoxy) is 2. The quantitative estimate of drug-likeness (QED) is 0.0281. The van der Waals surface area contributed by atoms with Crippen LogP contribution in [-0.2, 0) is 22.7 Å². The Kier molecular flexibility index (Phi) is 22.2. The Balaban J connectivity index is 1.38. The normalized spacial score (nSPS) is 11.0. The monoisotopic (exact) mass is 777 g/mol. The summed E-state index contributed by atoms with van der Waals surface area (Å²) in [5, 5.41) is 14.6. The van der Waals surface area contributed by atoms with Crippen molar-refractivity contribution in [2.75, 3.05) is 39.7 Å². The molecule has 0 spiro atoms. The van der Waals surface area contributed by atoms with Gasteiger partial charge in [0.05, 0.1) is 32.5 Å². The number of amides is 2. The van der Waals surface area contributed by atoms with Gasteiger partial charge in [-0.2, -0.15) is 5.10 Å². The van der Waals surface area contributed by atoms with Crippen LogP contribution in [0.2, 0.25) is 0 Å². The van der Waals surface area contributed by atoms with Gasteiger partial charge in [-0.3, -0.25) is 14.3 Å². The number of nitrogens with one attached hydrogen (secondary N) is 2. The fourth-order valence-corrected chi connectivity index (χ4v) is 6.83. The maximum Gasteiger partial charge on any atom is 0.222 e. The highest BCUT2D eigenvalue weighted by atomic mass is 16.5. The Bertz CT molecular complexity index is 1630. The number of rotatable bonds is 31. The molecule has 0 fully saturated rings. The Morgan fingerprint density at radius 1 is 0.804 bits per heavy atom. The molecule has 0 saturated carbocycles. The molecular weight excluding hydrogens is 709 g/mol. The van der Waals surface area contributed by atoms with Crippen molar-refractivity contribution in [3.63, 3.8) is 0 Å². The maximum atomic E-state index is 13.0. The van der Waals surface area contributed by atoms with Crippen molar-refractivity contribution < 1.29 is 19.1 Å². The van der Waals surface area contributed by atoms with E-state index in [1.54, 1.807) is 37.0 Å². The molecular formula is C42H68N10O4. The zero-order chi connectivity index (χ0) is 40.4. The van der Waals surface area contributed by atoms with Gasteiger partial charge in [0, 0.05) is 44.4 Å². The fourth-order valence-electron chi connectivity index (χ4n) is 6.83. The molecule has 1 aromatic carbocycles. The number of carbonyl (C=O) groups excluding carboxylic acids is 2. The number of methoxy groups -OCH3 is 2. The smallest absolute Gasteiger partial charge is 0.222 e. The molecule has 0 bridgehead atoms. The molecule has 310 valence electrons. The van der Waals surface area contributed by atoms with Crippen molar-refractivity contribution in [3.8, 4) is 11.5 Å². The van der Waals surface area contributed by atoms with E-state index in [0.717, 1.165) is 36.8 Å². The van der Waals surface area contributed by atoms with Gasteiger partial charge in [-0.05, 0) is 47.6 Å². The number of aromatic nitrogens is 4. The van der Waals surface area contributed by atoms with Gasteiger partial charge in [0.1, 0.15) is 17.0 Å². The van der Waals surface area contributed by atoms with Gasteiger partial charge in [-0.15, -0.1) is 0 Å². The van der Waals surface area contributed by atoms with Crippen LogP contribution in [-0.4, -0.2) is 70.8 Å². The Hall–Kier alpha value is -4.58. The zero-order valence-electron chi connectivity index (χ0n) is 34.9. The van der Waals surface area contributed by atoms with Crippen LogP contribution in [0.15, 0.2) is 23.4 Å². The third kappa shape index (κ3) is 16.6. The summed E-state index contributed by atoms with van der Waals surface area (Å²) >= 11 is 0. The van der Waals surface area contributed by atoms with Crippen molar-refractivity contribution >= 4 is 34.6 Å². The first-order valence-corrected chi connectivity index (χ1v) is 21.1. The first-order valence-electron chi connectivity index (χ1n) is 21.1. The highest BCUT2D eigenvalue weighted by Gasteiger charge is 2.18. The molecule has 0 saturated heterocycles. The second-order valence-corrected chi connectivity index (χ2v) is 14.8. The molecule has 2 heterocycles. The van der Waals surface area contributed by atoms with E-state index in [9.17, 15) is 9.59 Å². The molecule has 56 heavy (non-hydrogen) atoms. The van der Waals surface area contributed by atoms with E-state index in [1.807, 2.05) is 12.1 Å². The van der Waals surface area contributed by atoms with E-state index in [2.05, 4.69) is 44.5 Å². The molecule has 3 rings (SSSR count). The van der Waals surface area contributed by atoms with E-state index in [-0.39, 0.29) is 17.8 Å². The second kappa shape index (κ2) is 27.1. The van der Waals surface area contributed by atoms with Crippen LogP contribution in [0.4, 0.5) is 11.8 Å². The summed E-state index contributed by atoms with van der Waals surface area (Å²) in [6.07, 6.45) is 24.8. The molecule has 0 aliphatic carbocycles. The number of unbranched alkanes of at least 4 members (excludes halogenated alkanes) is 15. The summed E-state index contributed by atoms with van der Waals surface area (Å²) < 4.78 is 13.3. The highest BCUT2D eigenvalue weighted by Crippen LogP contribution is 2.33. The average molecular weight is 777 g/mol. The van der Waals surface area contributed by atoms with Gasteiger partial charge < -0.3 is 25.0 Å². The molecule has 2 N–H and O–H groups in total. The first-order chi connectivity index (χ1) is 27.3. The van der Waals surface area contributed by atoms with Crippen LogP contribution >= 0.6 is 0 Å². The molecule has 0 radical (unpaired) electrons. The van der Waals surface area contributed by atoms with E-state index >= 15 is 0 Å². The van der Waals surface area contributed by atoms with Gasteiger partial charge in [-0.1, -0.05) is 110 Å². The van der Waals surface area contributed by atoms with Crippen LogP contribution < -0.4 is 20.1 Å². The predicted molar refractivity (Wildman–Crippen MR) is 224 cm³/mol. The molecule has 2 amide bonds. The Morgan fingerprint density at radius 2 is 1.39 bits per heavy atom. The predicted octanol–water partition coefficient (Wildman–Crippen LogP) is 10.2. The number of carbonyl (C=O) groups is 2. The molecule has 2 aromatic heterocycles. The lowest BCUT2D eigenvalue weighted by Gasteiger charge is -2.20. The topological polar surface area (TPSA) is 172 Å². The van der Waals surface area contributed by atoms with Gasteiger partial charge in [0.15, 0.2) is 11.3 Å². The van der Waals surface area contributed by atoms with E-state index in [0.29, 0.717) is 73.8 Å². The standard InChI is InChI=1S/C42H68N10O4/c1-6-8-10-11-12-13-14-15-16-17-18-19-20-21-22-24-38(53)44-27-23-25-39(54)51(3)30-33-28-36(55-4)34(37(29-33)56-5)31-52-32-35-40(49-52)41(45-26-9-7-2)47-42(46-35)48-50-43/h28-29,32H,6-27,30-31H2,1-5H3,(H,44,53)(H,45,46,47). The molecule has 14 nitrogen and oxygen atoms in total. The van der Waals surface area contributed by atoms with E-state index < -0.39 is 0 Å². The number of benzene rings is 1. The molecule has 3 aromatic rings.